The normalized spacial score (nSPS) is 17.7. The van der Waals surface area contributed by atoms with Crippen molar-refractivity contribution in [1.29, 1.82) is 0 Å². The number of carbonyl (C=O) groups excluding carboxylic acids is 2. The first-order chi connectivity index (χ1) is 42.8. The molecule has 2 amide bonds. The quantitative estimate of drug-likeness (QED) is 0.0188. The molecule has 1 unspecified atom stereocenters. The zero-order valence-corrected chi connectivity index (χ0v) is 52.8. The Morgan fingerprint density at radius 3 is 2.29 bits per heavy atom. The van der Waals surface area contributed by atoms with E-state index < -0.39 is 34.2 Å². The van der Waals surface area contributed by atoms with Crippen molar-refractivity contribution in [3.8, 4) is 17.6 Å². The molecule has 0 radical (unpaired) electrons. The summed E-state index contributed by atoms with van der Waals surface area (Å²) in [5.41, 5.74) is 8.48. The molecule has 5 aromatic rings. The Balaban J connectivity index is 0.592. The van der Waals surface area contributed by atoms with Crippen LogP contribution in [0.4, 0.5) is 24.5 Å². The summed E-state index contributed by atoms with van der Waals surface area (Å²) in [7, 11) is -0.145. The highest BCUT2D eigenvalue weighted by molar-refractivity contribution is 7.90. The molecule has 6 N–H and O–H groups in total. The number of methoxy groups -OCH3 is 1. The largest absolute Gasteiger partial charge is 0.495 e. The van der Waals surface area contributed by atoms with Gasteiger partial charge in [-0.3, -0.25) is 19.5 Å². The van der Waals surface area contributed by atoms with Gasteiger partial charge in [-0.2, -0.15) is 13.2 Å². The van der Waals surface area contributed by atoms with E-state index in [1.54, 1.807) is 24.3 Å². The number of sulfone groups is 1. The number of piperidine rings is 2. The van der Waals surface area contributed by atoms with Gasteiger partial charge in [-0.05, 0) is 111 Å². The number of hydrogen-bond acceptors (Lipinski definition) is 15. The van der Waals surface area contributed by atoms with E-state index in [9.17, 15) is 36.3 Å². The highest BCUT2D eigenvalue weighted by Gasteiger charge is 2.43. The van der Waals surface area contributed by atoms with Gasteiger partial charge in [-0.25, -0.2) is 18.8 Å². The molecule has 2 fully saturated rings. The molecule has 4 aliphatic heterocycles. The number of aliphatic hydroxyl groups is 1. The van der Waals surface area contributed by atoms with E-state index >= 15 is 0 Å². The third-order valence-corrected chi connectivity index (χ3v) is 18.6. The number of unbranched alkanes of at least 4 members (excludes halogenated alkanes) is 8. The zero-order chi connectivity index (χ0) is 63.0. The summed E-state index contributed by atoms with van der Waals surface area (Å²) >= 11 is 0. The predicted molar refractivity (Wildman–Crippen MR) is 345 cm³/mol. The molecule has 18 nitrogen and oxygen atoms in total. The van der Waals surface area contributed by atoms with Crippen LogP contribution in [0.2, 0.25) is 0 Å². The minimum Gasteiger partial charge on any atom is -0.495 e. The van der Waals surface area contributed by atoms with Crippen LogP contribution in [0.15, 0.2) is 107 Å². The van der Waals surface area contributed by atoms with E-state index in [1.165, 1.54) is 92.8 Å². The molecule has 2 aromatic heterocycles. The van der Waals surface area contributed by atoms with Crippen molar-refractivity contribution in [2.45, 2.75) is 145 Å². The number of nitrogens with zero attached hydrogens (tertiary/aromatic N) is 7. The van der Waals surface area contributed by atoms with Crippen LogP contribution in [0.5, 0.6) is 5.75 Å². The molecule has 0 saturated carbocycles. The fourth-order valence-corrected chi connectivity index (χ4v) is 13.0. The molecule has 480 valence electrons. The Bertz CT molecular complexity index is 3410. The number of halogens is 3. The molecule has 0 spiro atoms. The predicted octanol–water partition coefficient (Wildman–Crippen LogP) is 9.15. The standard InChI is InChI=1S/C67H89F3N12O6S/c1-49(50-19-13-12-14-20-50)41-61(83)80-39-30-66(85,31-40-80)46-81-48-75-62-63(65(81)84)77-78(2)64(62)51-24-25-53(74-44-51)45-72-35-34-71-32-15-10-8-6-5-7-9-11-16-36-79-37-28-52(29-38-79)76-57-22-17-23-59-56(57)42-54(82(59)47-67(68,69)70)21-18-33-73-58-27-26-55(89(4,86)87)43-60(58)88-3/h12-14,17,19-20,22-27,42-44,48-49,52,63,71-73,76-77,85H,5-11,15-16,28-41,45-47H2,1-4H3/t49-,63?/m1/s1. The number of ether oxygens (including phenoxy) is 1. The average Bonchev–Trinajstić information content (AvgIpc) is 1.69. The van der Waals surface area contributed by atoms with Crippen LogP contribution < -0.4 is 31.4 Å². The van der Waals surface area contributed by atoms with Crippen LogP contribution in [0.3, 0.4) is 0 Å². The number of hydrogen-bond donors (Lipinski definition) is 6. The maximum atomic E-state index is 13.9. The zero-order valence-electron chi connectivity index (χ0n) is 52.0. The molecule has 0 bridgehead atoms. The van der Waals surface area contributed by atoms with Gasteiger partial charge in [0.25, 0.3) is 5.91 Å². The van der Waals surface area contributed by atoms with Crippen molar-refractivity contribution in [2.24, 2.45) is 4.99 Å². The monoisotopic (exact) mass is 1250 g/mol. The number of hydrazine groups is 1. The Hall–Kier alpha value is -7.00. The van der Waals surface area contributed by atoms with E-state index in [-0.39, 0.29) is 47.5 Å². The van der Waals surface area contributed by atoms with Gasteiger partial charge in [0.05, 0.1) is 71.0 Å². The number of nitrogens with one attached hydrogen (secondary N) is 5. The van der Waals surface area contributed by atoms with Crippen LogP contribution in [-0.4, -0.2) is 171 Å². The number of pyridine rings is 1. The summed E-state index contributed by atoms with van der Waals surface area (Å²) in [5.74, 6) is 6.20. The number of aliphatic imine (C=N–C) groups is 1. The van der Waals surface area contributed by atoms with Gasteiger partial charge in [-0.1, -0.05) is 94.2 Å². The molecule has 89 heavy (non-hydrogen) atoms. The number of rotatable bonds is 30. The lowest BCUT2D eigenvalue weighted by molar-refractivity contribution is -0.140. The second kappa shape index (κ2) is 31.2. The summed E-state index contributed by atoms with van der Waals surface area (Å²) in [6, 6.07) is 25.2. The third kappa shape index (κ3) is 18.6. The third-order valence-electron chi connectivity index (χ3n) is 17.5. The summed E-state index contributed by atoms with van der Waals surface area (Å²) in [6.07, 6.45) is 14.2. The van der Waals surface area contributed by atoms with Crippen molar-refractivity contribution in [3.63, 3.8) is 0 Å². The summed E-state index contributed by atoms with van der Waals surface area (Å²) in [6.45, 7) is 8.37. The molecule has 4 aliphatic rings. The molecular formula is C67H89F3N12O6S. The fraction of sp³-hybridized carbons (Fsp3) is 0.522. The summed E-state index contributed by atoms with van der Waals surface area (Å²) < 4.78 is 72.2. The lowest BCUT2D eigenvalue weighted by Crippen LogP contribution is -2.56. The molecule has 9 rings (SSSR count). The molecule has 2 saturated heterocycles. The number of amides is 2. The second-order valence-electron chi connectivity index (χ2n) is 24.4. The number of benzene rings is 3. The van der Waals surface area contributed by atoms with E-state index in [0.29, 0.717) is 66.9 Å². The van der Waals surface area contributed by atoms with E-state index in [2.05, 4.69) is 50.4 Å². The number of carbonyl (C=O) groups is 2. The van der Waals surface area contributed by atoms with E-state index in [1.807, 2.05) is 71.7 Å². The van der Waals surface area contributed by atoms with E-state index in [0.717, 1.165) is 86.6 Å². The first-order valence-corrected chi connectivity index (χ1v) is 33.5. The number of fused-ring (bicyclic) bond motifs is 2. The smallest absolute Gasteiger partial charge is 0.406 e. The number of aromatic nitrogens is 2. The topological polar surface area (TPSA) is 201 Å². The number of alkyl halides is 3. The maximum Gasteiger partial charge on any atom is 0.406 e. The molecule has 0 aliphatic carbocycles. The lowest BCUT2D eigenvalue weighted by Gasteiger charge is -2.41. The van der Waals surface area contributed by atoms with Crippen molar-refractivity contribution in [1.82, 2.24) is 45.3 Å². The van der Waals surface area contributed by atoms with Crippen LogP contribution in [-0.2, 0) is 32.5 Å². The van der Waals surface area contributed by atoms with Crippen LogP contribution in [0.1, 0.15) is 125 Å². The molecular weight excluding hydrogens is 1160 g/mol. The van der Waals surface area contributed by atoms with Gasteiger partial charge >= 0.3 is 6.18 Å². The highest BCUT2D eigenvalue weighted by Crippen LogP contribution is 2.35. The van der Waals surface area contributed by atoms with Crippen molar-refractivity contribution >= 4 is 56.0 Å². The van der Waals surface area contributed by atoms with Gasteiger partial charge in [0.15, 0.2) is 9.84 Å². The van der Waals surface area contributed by atoms with Crippen LogP contribution >= 0.6 is 0 Å². The van der Waals surface area contributed by atoms with Crippen molar-refractivity contribution in [3.05, 3.63) is 119 Å². The number of likely N-dealkylation sites (tertiary alicyclic amines) is 2. The fourth-order valence-electron chi connectivity index (χ4n) is 12.4. The minimum atomic E-state index is -4.45. The number of anilines is 2. The molecule has 6 heterocycles. The molecule has 2 atom stereocenters. The maximum absolute atomic E-state index is 13.9. The summed E-state index contributed by atoms with van der Waals surface area (Å²) in [4.78, 5) is 42.3. The van der Waals surface area contributed by atoms with Gasteiger partial charge < -0.3 is 50.5 Å². The van der Waals surface area contributed by atoms with Crippen LogP contribution in [0.25, 0.3) is 16.6 Å². The van der Waals surface area contributed by atoms with Crippen molar-refractivity contribution < 1.29 is 41.0 Å². The SMILES string of the molecule is COc1cc(S(C)(=O)=O)ccc1NCC#Cc1cc2c(NC3CCN(CCCCCCCCCCCNCCNCc4ccc(C5=C6N=CN(CC7(O)CCN(C(=O)C[C@@H](C)c8ccccc8)CC7)C(=O)C6NN5C)cn4)CC3)cccc2n1CC(F)(F)F. The lowest BCUT2D eigenvalue weighted by atomic mass is 9.89. The Morgan fingerprint density at radius 1 is 0.876 bits per heavy atom. The number of β-amino-alcohol motifs (C(OH)–C–C–N with tert-alkyl or cyclic N) is 1. The Labute approximate surface area is 523 Å². The van der Waals surface area contributed by atoms with Crippen LogP contribution in [0, 0.1) is 11.8 Å². The highest BCUT2D eigenvalue weighted by atomic mass is 32.2. The van der Waals surface area contributed by atoms with Gasteiger partial charge in [0, 0.05) is 100 Å². The Morgan fingerprint density at radius 2 is 1.60 bits per heavy atom. The summed E-state index contributed by atoms with van der Waals surface area (Å²) in [5, 5.41) is 27.9. The second-order valence-corrected chi connectivity index (χ2v) is 26.4. The minimum absolute atomic E-state index is 0.0802. The molecule has 22 heteroatoms. The van der Waals surface area contributed by atoms with Gasteiger partial charge in [0.1, 0.15) is 18.3 Å². The Kier molecular flexibility index (Phi) is 23.2. The van der Waals surface area contributed by atoms with Crippen molar-refractivity contribution in [2.75, 3.05) is 96.5 Å². The average molecular weight is 1250 g/mol. The van der Waals surface area contributed by atoms with E-state index in [4.69, 9.17) is 14.7 Å². The first kappa shape index (κ1) is 66.4. The molecule has 3 aromatic carbocycles. The van der Waals surface area contributed by atoms with Gasteiger partial charge in [-0.15, -0.1) is 0 Å². The first-order valence-electron chi connectivity index (χ1n) is 31.6. The van der Waals surface area contributed by atoms with Gasteiger partial charge in [0.2, 0.25) is 5.91 Å².